The van der Waals surface area contributed by atoms with E-state index in [2.05, 4.69) is 16.3 Å². The maximum Gasteiger partial charge on any atom is 0.228 e. The predicted molar refractivity (Wildman–Crippen MR) is 76.9 cm³/mol. The molecule has 1 aromatic rings. The topological polar surface area (TPSA) is 56.1 Å². The van der Waals surface area contributed by atoms with Gasteiger partial charge in [0.15, 0.2) is 0 Å². The first-order chi connectivity index (χ1) is 9.76. The van der Waals surface area contributed by atoms with Crippen LogP contribution in [0.4, 0.5) is 5.69 Å². The number of para-hydroxylation sites is 1. The quantitative estimate of drug-likeness (QED) is 0.912. The van der Waals surface area contributed by atoms with Gasteiger partial charge in [0.1, 0.15) is 0 Å². The number of hydrogen-bond acceptors (Lipinski definition) is 3. The number of nitriles is 1. The lowest BCUT2D eigenvalue weighted by molar-refractivity contribution is -0.119. The molecule has 0 spiro atoms. The average molecular weight is 269 g/mol. The van der Waals surface area contributed by atoms with E-state index in [0.717, 1.165) is 18.2 Å². The van der Waals surface area contributed by atoms with Crippen LogP contribution in [-0.4, -0.2) is 29.9 Å². The van der Waals surface area contributed by atoms with Crippen molar-refractivity contribution >= 4 is 11.6 Å². The largest absolute Gasteiger partial charge is 0.326 e. The van der Waals surface area contributed by atoms with Gasteiger partial charge in [-0.15, -0.1) is 0 Å². The Kier molecular flexibility index (Phi) is 3.70. The van der Waals surface area contributed by atoms with Gasteiger partial charge in [0, 0.05) is 18.8 Å². The zero-order valence-corrected chi connectivity index (χ0v) is 11.5. The molecule has 1 aliphatic heterocycles. The number of nitrogens with one attached hydrogen (secondary N) is 1. The highest BCUT2D eigenvalue weighted by Gasteiger charge is 2.38. The normalized spacial score (nSPS) is 26.1. The van der Waals surface area contributed by atoms with Crippen LogP contribution in [0.15, 0.2) is 30.3 Å². The zero-order valence-electron chi connectivity index (χ0n) is 11.5. The molecule has 2 aliphatic rings. The van der Waals surface area contributed by atoms with E-state index < -0.39 is 0 Å². The number of likely N-dealkylation sites (tertiary alicyclic amines) is 1. The van der Waals surface area contributed by atoms with E-state index in [1.165, 1.54) is 12.8 Å². The maximum absolute atomic E-state index is 12.3. The van der Waals surface area contributed by atoms with Crippen molar-refractivity contribution in [3.05, 3.63) is 30.3 Å². The Bertz CT molecular complexity index is 518. The van der Waals surface area contributed by atoms with Crippen molar-refractivity contribution in [2.75, 3.05) is 18.4 Å². The highest BCUT2D eigenvalue weighted by molar-refractivity contribution is 5.92. The van der Waals surface area contributed by atoms with E-state index in [9.17, 15) is 10.1 Å². The number of amides is 1. The van der Waals surface area contributed by atoms with Gasteiger partial charge in [-0.2, -0.15) is 5.26 Å². The van der Waals surface area contributed by atoms with Gasteiger partial charge in [0.25, 0.3) is 0 Å². The van der Waals surface area contributed by atoms with Gasteiger partial charge in [-0.1, -0.05) is 18.2 Å². The molecule has 2 fully saturated rings. The third-order valence-corrected chi connectivity index (χ3v) is 4.15. The molecule has 2 atom stereocenters. The summed E-state index contributed by atoms with van der Waals surface area (Å²) in [6.07, 6.45) is 3.20. The van der Waals surface area contributed by atoms with Gasteiger partial charge in [0.05, 0.1) is 18.0 Å². The summed E-state index contributed by atoms with van der Waals surface area (Å²) < 4.78 is 0. The molecule has 104 valence electrons. The summed E-state index contributed by atoms with van der Waals surface area (Å²) in [5.74, 6) is 0.718. The van der Waals surface area contributed by atoms with Crippen LogP contribution in [-0.2, 0) is 4.79 Å². The molecule has 3 rings (SSSR count). The van der Waals surface area contributed by atoms with E-state index in [1.807, 2.05) is 30.3 Å². The van der Waals surface area contributed by atoms with Gasteiger partial charge in [-0.25, -0.2) is 0 Å². The third-order valence-electron chi connectivity index (χ3n) is 4.15. The summed E-state index contributed by atoms with van der Waals surface area (Å²) in [7, 11) is 0. The summed E-state index contributed by atoms with van der Waals surface area (Å²) in [6, 6.07) is 11.8. The highest BCUT2D eigenvalue weighted by atomic mass is 16.1. The molecule has 4 nitrogen and oxygen atoms in total. The van der Waals surface area contributed by atoms with Gasteiger partial charge in [0.2, 0.25) is 5.91 Å². The smallest absolute Gasteiger partial charge is 0.228 e. The van der Waals surface area contributed by atoms with Crippen molar-refractivity contribution in [1.29, 1.82) is 5.26 Å². The van der Waals surface area contributed by atoms with Gasteiger partial charge < -0.3 is 5.32 Å². The van der Waals surface area contributed by atoms with Crippen LogP contribution in [0.3, 0.4) is 0 Å². The molecule has 0 aromatic heterocycles. The molecule has 1 aliphatic carbocycles. The van der Waals surface area contributed by atoms with Gasteiger partial charge >= 0.3 is 0 Å². The highest BCUT2D eigenvalue weighted by Crippen LogP contribution is 2.33. The second-order valence-electron chi connectivity index (χ2n) is 5.83. The van der Waals surface area contributed by atoms with E-state index in [0.29, 0.717) is 13.0 Å². The Hall–Kier alpha value is -1.86. The maximum atomic E-state index is 12.3. The minimum absolute atomic E-state index is 0.0368. The first-order valence-electron chi connectivity index (χ1n) is 7.26. The molecule has 0 bridgehead atoms. The second kappa shape index (κ2) is 5.64. The fraction of sp³-hybridized carbons (Fsp3) is 0.500. The van der Waals surface area contributed by atoms with Gasteiger partial charge in [-0.05, 0) is 37.3 Å². The standard InChI is InChI=1S/C16H19N3O/c17-9-15-8-13(11-19(15)10-12-6-7-12)16(20)18-14-4-2-1-3-5-14/h1-5,12-13,15H,6-8,10-11H2,(H,18,20). The molecule has 2 unspecified atom stereocenters. The molecule has 1 saturated carbocycles. The molecule has 0 radical (unpaired) electrons. The Morgan fingerprint density at radius 1 is 1.35 bits per heavy atom. The fourth-order valence-corrected chi connectivity index (χ4v) is 2.83. The monoisotopic (exact) mass is 269 g/mol. The molecular formula is C16H19N3O. The van der Waals surface area contributed by atoms with Crippen LogP contribution in [0.5, 0.6) is 0 Å². The first kappa shape index (κ1) is 13.1. The number of carbonyl (C=O) groups excluding carboxylic acids is 1. The molecular weight excluding hydrogens is 250 g/mol. The second-order valence-corrected chi connectivity index (χ2v) is 5.83. The average Bonchev–Trinajstić information content (AvgIpc) is 3.17. The Labute approximate surface area is 119 Å². The molecule has 1 aromatic carbocycles. The lowest BCUT2D eigenvalue weighted by Crippen LogP contribution is -2.31. The number of rotatable bonds is 4. The number of anilines is 1. The number of nitrogens with zero attached hydrogens (tertiary/aromatic N) is 2. The molecule has 1 heterocycles. The van der Waals surface area contributed by atoms with Crippen molar-refractivity contribution in [2.24, 2.45) is 11.8 Å². The van der Waals surface area contributed by atoms with Crippen molar-refractivity contribution < 1.29 is 4.79 Å². The summed E-state index contributed by atoms with van der Waals surface area (Å²) >= 11 is 0. The molecule has 1 N–H and O–H groups in total. The van der Waals surface area contributed by atoms with Gasteiger partial charge in [-0.3, -0.25) is 9.69 Å². The molecule has 20 heavy (non-hydrogen) atoms. The molecule has 1 saturated heterocycles. The summed E-state index contributed by atoms with van der Waals surface area (Å²) in [6.45, 7) is 1.70. The lowest BCUT2D eigenvalue weighted by atomic mass is 10.1. The number of benzene rings is 1. The summed E-state index contributed by atoms with van der Waals surface area (Å²) in [4.78, 5) is 14.5. The summed E-state index contributed by atoms with van der Waals surface area (Å²) in [5, 5.41) is 12.2. The zero-order chi connectivity index (χ0) is 13.9. The van der Waals surface area contributed by atoms with Crippen LogP contribution in [0.2, 0.25) is 0 Å². The molecule has 4 heteroatoms. The van der Waals surface area contributed by atoms with Crippen LogP contribution in [0.25, 0.3) is 0 Å². The van der Waals surface area contributed by atoms with Crippen LogP contribution in [0.1, 0.15) is 19.3 Å². The van der Waals surface area contributed by atoms with Crippen molar-refractivity contribution in [3.63, 3.8) is 0 Å². The SMILES string of the molecule is N#CC1CC(C(=O)Nc2ccccc2)CN1CC1CC1. The van der Waals surface area contributed by atoms with E-state index in [1.54, 1.807) is 0 Å². The Balaban J connectivity index is 1.60. The first-order valence-corrected chi connectivity index (χ1v) is 7.26. The minimum atomic E-state index is -0.0953. The number of carbonyl (C=O) groups is 1. The van der Waals surface area contributed by atoms with Crippen molar-refractivity contribution in [3.8, 4) is 6.07 Å². The molecule has 1 amide bonds. The van der Waals surface area contributed by atoms with Crippen LogP contribution < -0.4 is 5.32 Å². The minimum Gasteiger partial charge on any atom is -0.326 e. The predicted octanol–water partition coefficient (Wildman–Crippen LogP) is 2.25. The van der Waals surface area contributed by atoms with E-state index in [4.69, 9.17) is 0 Å². The van der Waals surface area contributed by atoms with Crippen LogP contribution in [0, 0.1) is 23.2 Å². The lowest BCUT2D eigenvalue weighted by Gasteiger charge is -2.18. The van der Waals surface area contributed by atoms with E-state index >= 15 is 0 Å². The number of hydrogen-bond donors (Lipinski definition) is 1. The fourth-order valence-electron chi connectivity index (χ4n) is 2.83. The Morgan fingerprint density at radius 3 is 2.75 bits per heavy atom. The van der Waals surface area contributed by atoms with E-state index in [-0.39, 0.29) is 17.9 Å². The van der Waals surface area contributed by atoms with Crippen molar-refractivity contribution in [1.82, 2.24) is 4.90 Å². The Morgan fingerprint density at radius 2 is 2.10 bits per heavy atom. The van der Waals surface area contributed by atoms with Crippen molar-refractivity contribution in [2.45, 2.75) is 25.3 Å². The third kappa shape index (κ3) is 3.00. The summed E-state index contributed by atoms with van der Waals surface area (Å²) in [5.41, 5.74) is 0.826. The van der Waals surface area contributed by atoms with Crippen LogP contribution >= 0.6 is 0 Å².